The Kier molecular flexibility index (Phi) is 11.1. The van der Waals surface area contributed by atoms with E-state index < -0.39 is 0 Å². The summed E-state index contributed by atoms with van der Waals surface area (Å²) in [7, 11) is 2.18. The minimum Gasteiger partial charge on any atom is -0.396 e. The van der Waals surface area contributed by atoms with Gasteiger partial charge in [-0.1, -0.05) is 0 Å². The Balaban J connectivity index is 0.000000211. The zero-order chi connectivity index (χ0) is 15.3. The summed E-state index contributed by atoms with van der Waals surface area (Å²) >= 11 is 0. The fraction of sp³-hybridized carbons (Fsp3) is 1.00. The highest BCUT2D eigenvalue weighted by molar-refractivity contribution is 4.69. The fourth-order valence-corrected chi connectivity index (χ4v) is 3.28. The van der Waals surface area contributed by atoms with Gasteiger partial charge in [0, 0.05) is 13.2 Å². The molecule has 0 aromatic heterocycles. The second-order valence-corrected chi connectivity index (χ2v) is 6.67. The lowest BCUT2D eigenvalue weighted by Gasteiger charge is -2.28. The SMILES string of the molecule is CN1CCC(CCCO)CC1.OCCCC1CCNCC1. The molecule has 0 aliphatic carbocycles. The van der Waals surface area contributed by atoms with E-state index in [9.17, 15) is 0 Å². The third-order valence-electron chi connectivity index (χ3n) is 4.84. The normalized spacial score (nSPS) is 21.9. The number of rotatable bonds is 6. The average molecular weight is 300 g/mol. The van der Waals surface area contributed by atoms with Crippen molar-refractivity contribution in [1.82, 2.24) is 10.2 Å². The summed E-state index contributed by atoms with van der Waals surface area (Å²) in [4.78, 5) is 2.38. The summed E-state index contributed by atoms with van der Waals surface area (Å²) in [6, 6.07) is 0. The molecule has 0 amide bonds. The van der Waals surface area contributed by atoms with Crippen LogP contribution in [0.3, 0.4) is 0 Å². The standard InChI is InChI=1S/C9H19NO.C8H17NO/c1-10-6-4-9(5-7-10)3-2-8-11;10-7-1-2-8-3-5-9-6-4-8/h9,11H,2-8H2,1H3;8-10H,1-7H2. The summed E-state index contributed by atoms with van der Waals surface area (Å²) in [5.74, 6) is 1.77. The van der Waals surface area contributed by atoms with Gasteiger partial charge in [0.15, 0.2) is 0 Å². The molecule has 0 unspecified atom stereocenters. The van der Waals surface area contributed by atoms with Crippen LogP contribution in [0.2, 0.25) is 0 Å². The molecule has 0 bridgehead atoms. The number of likely N-dealkylation sites (tertiary alicyclic amines) is 1. The second kappa shape index (κ2) is 12.4. The number of piperidine rings is 2. The predicted molar refractivity (Wildman–Crippen MR) is 88.5 cm³/mol. The van der Waals surface area contributed by atoms with Crippen LogP contribution in [-0.2, 0) is 0 Å². The smallest absolute Gasteiger partial charge is 0.0431 e. The molecule has 126 valence electrons. The summed E-state index contributed by atoms with van der Waals surface area (Å²) in [6.07, 6.45) is 9.70. The Hall–Kier alpha value is -0.160. The Morgan fingerprint density at radius 2 is 1.33 bits per heavy atom. The number of hydrogen-bond acceptors (Lipinski definition) is 4. The van der Waals surface area contributed by atoms with Gasteiger partial charge in [0.05, 0.1) is 0 Å². The predicted octanol–water partition coefficient (Wildman–Crippen LogP) is 1.86. The lowest BCUT2D eigenvalue weighted by molar-refractivity contribution is 0.197. The molecule has 0 radical (unpaired) electrons. The van der Waals surface area contributed by atoms with Crippen molar-refractivity contribution in [3.63, 3.8) is 0 Å². The zero-order valence-electron chi connectivity index (χ0n) is 13.9. The molecule has 2 heterocycles. The van der Waals surface area contributed by atoms with Crippen LogP contribution in [0.1, 0.15) is 51.4 Å². The van der Waals surface area contributed by atoms with E-state index in [1.807, 2.05) is 0 Å². The van der Waals surface area contributed by atoms with Crippen molar-refractivity contribution in [3.8, 4) is 0 Å². The molecule has 21 heavy (non-hydrogen) atoms. The van der Waals surface area contributed by atoms with Gasteiger partial charge in [-0.25, -0.2) is 0 Å². The summed E-state index contributed by atoms with van der Waals surface area (Å²) < 4.78 is 0. The number of nitrogens with zero attached hydrogens (tertiary/aromatic N) is 1. The van der Waals surface area contributed by atoms with E-state index in [-0.39, 0.29) is 0 Å². The Morgan fingerprint density at radius 1 is 0.857 bits per heavy atom. The summed E-state index contributed by atoms with van der Waals surface area (Å²) in [5, 5.41) is 20.5. The lowest BCUT2D eigenvalue weighted by atomic mass is 9.93. The minimum atomic E-state index is 0.365. The average Bonchev–Trinajstić information content (AvgIpc) is 2.54. The van der Waals surface area contributed by atoms with E-state index in [4.69, 9.17) is 10.2 Å². The first-order chi connectivity index (χ1) is 10.3. The molecule has 0 aromatic carbocycles. The van der Waals surface area contributed by atoms with Crippen molar-refractivity contribution in [2.45, 2.75) is 51.4 Å². The first-order valence-corrected chi connectivity index (χ1v) is 8.87. The molecule has 2 aliphatic heterocycles. The number of nitrogens with one attached hydrogen (secondary N) is 1. The molecule has 4 heteroatoms. The van der Waals surface area contributed by atoms with Gasteiger partial charge < -0.3 is 20.4 Å². The number of aliphatic hydroxyl groups is 2. The number of hydrogen-bond donors (Lipinski definition) is 3. The molecule has 0 spiro atoms. The van der Waals surface area contributed by atoms with Crippen LogP contribution in [0.5, 0.6) is 0 Å². The van der Waals surface area contributed by atoms with Crippen LogP contribution in [0.15, 0.2) is 0 Å². The highest BCUT2D eigenvalue weighted by Crippen LogP contribution is 2.20. The topological polar surface area (TPSA) is 55.7 Å². The molecule has 2 saturated heterocycles. The third kappa shape index (κ3) is 9.46. The van der Waals surface area contributed by atoms with Crippen molar-refractivity contribution >= 4 is 0 Å². The van der Waals surface area contributed by atoms with Crippen molar-refractivity contribution in [2.24, 2.45) is 11.8 Å². The fourth-order valence-electron chi connectivity index (χ4n) is 3.28. The van der Waals surface area contributed by atoms with Crippen molar-refractivity contribution < 1.29 is 10.2 Å². The Morgan fingerprint density at radius 3 is 1.81 bits per heavy atom. The lowest BCUT2D eigenvalue weighted by Crippen LogP contribution is -2.30. The van der Waals surface area contributed by atoms with Gasteiger partial charge >= 0.3 is 0 Å². The monoisotopic (exact) mass is 300 g/mol. The van der Waals surface area contributed by atoms with Gasteiger partial charge in [-0.3, -0.25) is 0 Å². The van der Waals surface area contributed by atoms with Crippen molar-refractivity contribution in [3.05, 3.63) is 0 Å². The maximum Gasteiger partial charge on any atom is 0.0431 e. The molecule has 3 N–H and O–H groups in total. The van der Waals surface area contributed by atoms with Crippen LogP contribution in [0.4, 0.5) is 0 Å². The van der Waals surface area contributed by atoms with Crippen LogP contribution in [-0.4, -0.2) is 61.6 Å². The van der Waals surface area contributed by atoms with Gasteiger partial charge in [-0.15, -0.1) is 0 Å². The first-order valence-electron chi connectivity index (χ1n) is 8.87. The van der Waals surface area contributed by atoms with Crippen LogP contribution in [0, 0.1) is 11.8 Å². The zero-order valence-corrected chi connectivity index (χ0v) is 13.9. The van der Waals surface area contributed by atoms with E-state index in [2.05, 4.69) is 17.3 Å². The second-order valence-electron chi connectivity index (χ2n) is 6.67. The molecule has 0 atom stereocenters. The van der Waals surface area contributed by atoms with Gasteiger partial charge in [-0.2, -0.15) is 0 Å². The minimum absolute atomic E-state index is 0.365. The molecular weight excluding hydrogens is 264 g/mol. The van der Waals surface area contributed by atoms with Gasteiger partial charge in [-0.05, 0) is 96.4 Å². The molecule has 0 saturated carbocycles. The molecule has 4 nitrogen and oxygen atoms in total. The van der Waals surface area contributed by atoms with Gasteiger partial charge in [0.25, 0.3) is 0 Å². The van der Waals surface area contributed by atoms with Crippen molar-refractivity contribution in [1.29, 1.82) is 0 Å². The first kappa shape index (κ1) is 18.9. The summed E-state index contributed by atoms with van der Waals surface area (Å²) in [6.45, 7) is 5.58. The van der Waals surface area contributed by atoms with E-state index in [1.54, 1.807) is 0 Å². The van der Waals surface area contributed by atoms with Crippen LogP contribution < -0.4 is 5.32 Å². The molecule has 2 fully saturated rings. The van der Waals surface area contributed by atoms with E-state index in [0.29, 0.717) is 13.2 Å². The van der Waals surface area contributed by atoms with Crippen LogP contribution >= 0.6 is 0 Å². The molecule has 0 aromatic rings. The van der Waals surface area contributed by atoms with Gasteiger partial charge in [0.2, 0.25) is 0 Å². The van der Waals surface area contributed by atoms with Crippen molar-refractivity contribution in [2.75, 3.05) is 46.4 Å². The highest BCUT2D eigenvalue weighted by Gasteiger charge is 2.15. The highest BCUT2D eigenvalue weighted by atomic mass is 16.3. The van der Waals surface area contributed by atoms with Crippen LogP contribution in [0.25, 0.3) is 0 Å². The number of aliphatic hydroxyl groups excluding tert-OH is 2. The molecule has 2 aliphatic rings. The summed E-state index contributed by atoms with van der Waals surface area (Å²) in [5.41, 5.74) is 0. The third-order valence-corrected chi connectivity index (χ3v) is 4.84. The van der Waals surface area contributed by atoms with E-state index >= 15 is 0 Å². The van der Waals surface area contributed by atoms with E-state index in [0.717, 1.165) is 24.7 Å². The maximum absolute atomic E-state index is 8.64. The Labute approximate surface area is 130 Å². The molecule has 2 rings (SSSR count). The quantitative estimate of drug-likeness (QED) is 0.701. The maximum atomic E-state index is 8.64. The largest absolute Gasteiger partial charge is 0.396 e. The Bertz CT molecular complexity index is 222. The van der Waals surface area contributed by atoms with Gasteiger partial charge in [0.1, 0.15) is 0 Å². The molecular formula is C17H36N2O2. The van der Waals surface area contributed by atoms with E-state index in [1.165, 1.54) is 64.7 Å².